The molecule has 0 radical (unpaired) electrons. The Bertz CT molecular complexity index is 1240. The largest absolute Gasteiger partial charge is 0.482 e. The van der Waals surface area contributed by atoms with Crippen LogP contribution in [0.25, 0.3) is 0 Å². The van der Waals surface area contributed by atoms with Crippen molar-refractivity contribution in [3.63, 3.8) is 0 Å². The van der Waals surface area contributed by atoms with Gasteiger partial charge in [0.25, 0.3) is 17.5 Å². The average Bonchev–Trinajstić information content (AvgIpc) is 3.51. The second kappa shape index (κ2) is 8.18. The van der Waals surface area contributed by atoms with E-state index in [9.17, 15) is 29.8 Å². The predicted molar refractivity (Wildman–Crippen MR) is 118 cm³/mol. The predicted octanol–water partition coefficient (Wildman–Crippen LogP) is 3.22. The summed E-state index contributed by atoms with van der Waals surface area (Å²) in [5, 5.41) is 27.2. The highest BCUT2D eigenvalue weighted by molar-refractivity contribution is 6.06. The van der Waals surface area contributed by atoms with Crippen LogP contribution in [0.5, 0.6) is 5.75 Å². The Morgan fingerprint density at radius 1 is 0.971 bits per heavy atom. The molecule has 11 heteroatoms. The fourth-order valence-electron chi connectivity index (χ4n) is 4.88. The number of carbonyl (C=O) groups is 2. The summed E-state index contributed by atoms with van der Waals surface area (Å²) in [7, 11) is 0. The van der Waals surface area contributed by atoms with E-state index >= 15 is 0 Å². The first-order valence-corrected chi connectivity index (χ1v) is 10.6. The van der Waals surface area contributed by atoms with Gasteiger partial charge in [0.2, 0.25) is 0 Å². The molecule has 1 saturated carbocycles. The lowest BCUT2D eigenvalue weighted by atomic mass is 9.85. The zero-order chi connectivity index (χ0) is 24.0. The molecule has 5 rings (SSSR count). The molecule has 1 aliphatic heterocycles. The van der Waals surface area contributed by atoms with Crippen LogP contribution in [0.3, 0.4) is 0 Å². The Morgan fingerprint density at radius 3 is 2.21 bits per heavy atom. The van der Waals surface area contributed by atoms with E-state index in [1.165, 1.54) is 48.7 Å². The summed E-state index contributed by atoms with van der Waals surface area (Å²) >= 11 is 0. The van der Waals surface area contributed by atoms with Crippen molar-refractivity contribution in [2.24, 2.45) is 28.8 Å². The van der Waals surface area contributed by atoms with Crippen molar-refractivity contribution in [3.8, 4) is 5.75 Å². The van der Waals surface area contributed by atoms with Gasteiger partial charge in [-0.1, -0.05) is 12.2 Å². The molecule has 1 heterocycles. The first kappa shape index (κ1) is 21.4. The SMILES string of the molecule is O=C1C2C3C=CC(C3)C2C(=O)N1N=Cc1ccc(OCc2ccc([N+](=O)[O-])cc2)c([N+](=O)[O-])c1. The Balaban J connectivity index is 1.30. The molecule has 2 fully saturated rings. The normalized spacial score (nSPS) is 24.8. The number of carbonyl (C=O) groups excluding carboxylic acids is 2. The van der Waals surface area contributed by atoms with Gasteiger partial charge in [-0.05, 0) is 48.1 Å². The number of nitro benzene ring substituents is 2. The van der Waals surface area contributed by atoms with Crippen molar-refractivity contribution >= 4 is 29.4 Å². The van der Waals surface area contributed by atoms with Crippen molar-refractivity contribution in [3.05, 3.63) is 86.0 Å². The van der Waals surface area contributed by atoms with Gasteiger partial charge in [0.15, 0.2) is 5.75 Å². The number of amides is 2. The summed E-state index contributed by atoms with van der Waals surface area (Å²) in [5.74, 6) is -1.26. The maximum absolute atomic E-state index is 12.7. The zero-order valence-electron chi connectivity index (χ0n) is 17.6. The number of benzene rings is 2. The van der Waals surface area contributed by atoms with Crippen LogP contribution < -0.4 is 4.74 Å². The lowest BCUT2D eigenvalue weighted by Crippen LogP contribution is -2.28. The third kappa shape index (κ3) is 3.60. The molecule has 172 valence electrons. The molecule has 0 N–H and O–H groups in total. The van der Waals surface area contributed by atoms with Gasteiger partial charge in [-0.15, -0.1) is 0 Å². The second-order valence-corrected chi connectivity index (χ2v) is 8.43. The minimum Gasteiger partial charge on any atom is -0.482 e. The Kier molecular flexibility index (Phi) is 5.16. The number of hydrogen-bond donors (Lipinski definition) is 0. The van der Waals surface area contributed by atoms with E-state index in [0.29, 0.717) is 11.1 Å². The van der Waals surface area contributed by atoms with Crippen molar-refractivity contribution in [2.45, 2.75) is 13.0 Å². The maximum Gasteiger partial charge on any atom is 0.311 e. The smallest absolute Gasteiger partial charge is 0.311 e. The summed E-state index contributed by atoms with van der Waals surface area (Å²) < 4.78 is 5.55. The number of hydrogen-bond acceptors (Lipinski definition) is 8. The number of fused-ring (bicyclic) bond motifs is 5. The van der Waals surface area contributed by atoms with E-state index in [1.807, 2.05) is 12.2 Å². The molecule has 11 nitrogen and oxygen atoms in total. The summed E-state index contributed by atoms with van der Waals surface area (Å²) in [4.78, 5) is 46.6. The number of allylic oxidation sites excluding steroid dienone is 2. The summed E-state index contributed by atoms with van der Waals surface area (Å²) in [6.07, 6.45) is 6.04. The average molecular weight is 462 g/mol. The topological polar surface area (TPSA) is 145 Å². The number of hydrazone groups is 1. The van der Waals surface area contributed by atoms with Gasteiger partial charge in [0, 0.05) is 23.8 Å². The van der Waals surface area contributed by atoms with Crippen molar-refractivity contribution < 1.29 is 24.2 Å². The van der Waals surface area contributed by atoms with Crippen LogP contribution in [-0.2, 0) is 16.2 Å². The molecule has 0 spiro atoms. The third-order valence-electron chi connectivity index (χ3n) is 6.49. The minimum atomic E-state index is -0.609. The van der Waals surface area contributed by atoms with Crippen molar-refractivity contribution in [2.75, 3.05) is 0 Å². The number of imide groups is 1. The van der Waals surface area contributed by atoms with Gasteiger partial charge >= 0.3 is 5.69 Å². The molecule has 2 bridgehead atoms. The highest BCUT2D eigenvalue weighted by atomic mass is 16.6. The maximum atomic E-state index is 12.7. The third-order valence-corrected chi connectivity index (χ3v) is 6.49. The standard InChI is InChI=1S/C23H18N4O7/c28-22-20-15-4-5-16(10-15)21(20)23(29)25(22)24-11-14-3-8-19(18(9-14)27(32)33)34-12-13-1-6-17(7-2-13)26(30)31/h1-9,11,15-16,20-21H,10,12H2. The molecule has 2 aromatic rings. The highest BCUT2D eigenvalue weighted by Crippen LogP contribution is 2.52. The molecule has 0 aromatic heterocycles. The van der Waals surface area contributed by atoms with Gasteiger partial charge in [-0.3, -0.25) is 29.8 Å². The molecule has 4 atom stereocenters. The van der Waals surface area contributed by atoms with Crippen LogP contribution in [0, 0.1) is 43.9 Å². The van der Waals surface area contributed by atoms with Crippen LogP contribution >= 0.6 is 0 Å². The number of nitrogens with zero attached hydrogens (tertiary/aromatic N) is 4. The number of non-ortho nitro benzene ring substituents is 1. The van der Waals surface area contributed by atoms with E-state index in [2.05, 4.69) is 5.10 Å². The second-order valence-electron chi connectivity index (χ2n) is 8.43. The first-order valence-electron chi connectivity index (χ1n) is 10.6. The number of rotatable bonds is 7. The van der Waals surface area contributed by atoms with E-state index in [-0.39, 0.29) is 59.2 Å². The van der Waals surface area contributed by atoms with E-state index in [0.717, 1.165) is 11.4 Å². The van der Waals surface area contributed by atoms with Crippen molar-refractivity contribution in [1.29, 1.82) is 0 Å². The Labute approximate surface area is 192 Å². The zero-order valence-corrected chi connectivity index (χ0v) is 17.6. The molecule has 2 amide bonds. The summed E-state index contributed by atoms with van der Waals surface area (Å²) in [6, 6.07) is 9.83. The van der Waals surface area contributed by atoms with Crippen LogP contribution in [-0.4, -0.2) is 32.9 Å². The van der Waals surface area contributed by atoms with Crippen LogP contribution in [0.2, 0.25) is 0 Å². The Hall–Kier alpha value is -4.41. The first-order chi connectivity index (χ1) is 16.3. The summed E-state index contributed by atoms with van der Waals surface area (Å²) in [6.45, 7) is -0.0256. The molecular formula is C23H18N4O7. The van der Waals surface area contributed by atoms with Gasteiger partial charge in [0.1, 0.15) is 6.61 Å². The minimum absolute atomic E-state index is 0.00556. The lowest BCUT2D eigenvalue weighted by Gasteiger charge is -2.13. The van der Waals surface area contributed by atoms with Crippen LogP contribution in [0.1, 0.15) is 17.5 Å². The fraction of sp³-hybridized carbons (Fsp3) is 0.261. The molecule has 4 unspecified atom stereocenters. The molecule has 2 aromatic carbocycles. The molecule has 3 aliphatic rings. The molecular weight excluding hydrogens is 444 g/mol. The quantitative estimate of drug-likeness (QED) is 0.202. The monoisotopic (exact) mass is 462 g/mol. The Morgan fingerprint density at radius 2 is 1.62 bits per heavy atom. The number of ether oxygens (including phenoxy) is 1. The van der Waals surface area contributed by atoms with Crippen LogP contribution in [0.4, 0.5) is 11.4 Å². The van der Waals surface area contributed by atoms with Crippen molar-refractivity contribution in [1.82, 2.24) is 5.01 Å². The molecule has 1 saturated heterocycles. The summed E-state index contributed by atoms with van der Waals surface area (Å²) in [5.41, 5.74) is 0.545. The molecule has 2 aliphatic carbocycles. The number of nitro groups is 2. The van der Waals surface area contributed by atoms with E-state index in [4.69, 9.17) is 4.74 Å². The fourth-order valence-corrected chi connectivity index (χ4v) is 4.88. The van der Waals surface area contributed by atoms with Crippen LogP contribution in [0.15, 0.2) is 59.7 Å². The van der Waals surface area contributed by atoms with E-state index < -0.39 is 9.85 Å². The van der Waals surface area contributed by atoms with Gasteiger partial charge < -0.3 is 4.74 Å². The van der Waals surface area contributed by atoms with Gasteiger partial charge in [0.05, 0.1) is 27.9 Å². The van der Waals surface area contributed by atoms with Gasteiger partial charge in [-0.25, -0.2) is 0 Å². The van der Waals surface area contributed by atoms with Gasteiger partial charge in [-0.2, -0.15) is 10.1 Å². The molecule has 34 heavy (non-hydrogen) atoms. The highest BCUT2D eigenvalue weighted by Gasteiger charge is 2.59. The lowest BCUT2D eigenvalue weighted by molar-refractivity contribution is -0.386. The van der Waals surface area contributed by atoms with E-state index in [1.54, 1.807) is 0 Å².